The van der Waals surface area contributed by atoms with Gasteiger partial charge in [0.05, 0.1) is 18.0 Å². The first-order valence-corrected chi connectivity index (χ1v) is 8.51. The minimum absolute atomic E-state index is 0.0123. The molecule has 1 atom stereocenters. The molecule has 25 heavy (non-hydrogen) atoms. The molecule has 1 aromatic carbocycles. The fraction of sp³-hybridized carbons (Fsp3) is 0.450. The van der Waals surface area contributed by atoms with Crippen molar-refractivity contribution in [2.45, 2.75) is 47.1 Å². The number of nitrogens with zero attached hydrogens (tertiary/aromatic N) is 2. The summed E-state index contributed by atoms with van der Waals surface area (Å²) in [5.41, 5.74) is 12.8. The summed E-state index contributed by atoms with van der Waals surface area (Å²) < 4.78 is 0. The topological polar surface area (TPSA) is 88.4 Å². The van der Waals surface area contributed by atoms with Crippen molar-refractivity contribution in [3.8, 4) is 0 Å². The maximum atomic E-state index is 9.61. The van der Waals surface area contributed by atoms with Gasteiger partial charge in [-0.3, -0.25) is 4.98 Å². The number of aliphatic hydroxyl groups is 1. The van der Waals surface area contributed by atoms with Gasteiger partial charge in [0.25, 0.3) is 0 Å². The van der Waals surface area contributed by atoms with E-state index < -0.39 is 0 Å². The predicted octanol–water partition coefficient (Wildman–Crippen LogP) is 3.26. The van der Waals surface area contributed by atoms with Crippen LogP contribution in [0.1, 0.15) is 54.6 Å². The molecule has 0 fully saturated rings. The molecule has 0 bridgehead atoms. The number of anilines is 2. The van der Waals surface area contributed by atoms with E-state index in [9.17, 15) is 5.11 Å². The third-order valence-electron chi connectivity index (χ3n) is 4.81. The Labute approximate surface area is 150 Å². The number of aryl methyl sites for hydroxylation is 1. The summed E-state index contributed by atoms with van der Waals surface area (Å²) in [5, 5.41) is 11.2. The highest BCUT2D eigenvalue weighted by molar-refractivity contribution is 5.72. The first kappa shape index (κ1) is 19.2. The van der Waals surface area contributed by atoms with Crippen LogP contribution in [0.3, 0.4) is 0 Å². The second kappa shape index (κ2) is 7.02. The SMILES string of the molecule is Cc1ncc(C(c2ccc(N(C)N)c(N)c2C)C(C)(C)C)cc1CO. The Bertz CT molecular complexity index is 763. The van der Waals surface area contributed by atoms with Gasteiger partial charge in [-0.2, -0.15) is 0 Å². The third-order valence-corrected chi connectivity index (χ3v) is 4.81. The molecule has 5 nitrogen and oxygen atoms in total. The molecule has 0 saturated carbocycles. The largest absolute Gasteiger partial charge is 0.397 e. The van der Waals surface area contributed by atoms with Crippen molar-refractivity contribution in [3.63, 3.8) is 0 Å². The predicted molar refractivity (Wildman–Crippen MR) is 104 cm³/mol. The molecule has 0 saturated heterocycles. The summed E-state index contributed by atoms with van der Waals surface area (Å²) in [5.74, 6) is 5.98. The van der Waals surface area contributed by atoms with E-state index in [4.69, 9.17) is 11.6 Å². The molecular weight excluding hydrogens is 312 g/mol. The van der Waals surface area contributed by atoms with E-state index >= 15 is 0 Å². The van der Waals surface area contributed by atoms with Crippen LogP contribution in [0.2, 0.25) is 0 Å². The summed E-state index contributed by atoms with van der Waals surface area (Å²) in [4.78, 5) is 4.49. The van der Waals surface area contributed by atoms with Crippen LogP contribution in [0.4, 0.5) is 11.4 Å². The average molecular weight is 342 g/mol. The smallest absolute Gasteiger partial charge is 0.0746 e. The maximum Gasteiger partial charge on any atom is 0.0746 e. The Morgan fingerprint density at radius 2 is 1.88 bits per heavy atom. The Morgan fingerprint density at radius 3 is 2.40 bits per heavy atom. The van der Waals surface area contributed by atoms with Gasteiger partial charge in [0.1, 0.15) is 0 Å². The van der Waals surface area contributed by atoms with E-state index in [2.05, 4.69) is 37.9 Å². The van der Waals surface area contributed by atoms with Crippen molar-refractivity contribution in [2.24, 2.45) is 11.3 Å². The first-order chi connectivity index (χ1) is 11.6. The van der Waals surface area contributed by atoms with Crippen LogP contribution in [0.25, 0.3) is 0 Å². The molecule has 1 unspecified atom stereocenters. The van der Waals surface area contributed by atoms with Crippen molar-refractivity contribution in [3.05, 3.63) is 52.3 Å². The molecule has 1 aromatic heterocycles. The van der Waals surface area contributed by atoms with Gasteiger partial charge in [0, 0.05) is 24.9 Å². The molecule has 5 heteroatoms. The quantitative estimate of drug-likeness (QED) is 0.451. The lowest BCUT2D eigenvalue weighted by Crippen LogP contribution is -2.27. The van der Waals surface area contributed by atoms with Crippen LogP contribution in [0.5, 0.6) is 0 Å². The third kappa shape index (κ3) is 3.78. The van der Waals surface area contributed by atoms with Gasteiger partial charge in [-0.15, -0.1) is 0 Å². The lowest BCUT2D eigenvalue weighted by atomic mass is 9.71. The molecule has 0 aliphatic heterocycles. The van der Waals surface area contributed by atoms with Crippen LogP contribution >= 0.6 is 0 Å². The number of nitrogen functional groups attached to an aromatic ring is 1. The van der Waals surface area contributed by atoms with E-state index in [0.29, 0.717) is 5.69 Å². The fourth-order valence-electron chi connectivity index (χ4n) is 3.41. The fourth-order valence-corrected chi connectivity index (χ4v) is 3.41. The Hall–Kier alpha value is -2.11. The highest BCUT2D eigenvalue weighted by atomic mass is 16.3. The van der Waals surface area contributed by atoms with Gasteiger partial charge in [0.2, 0.25) is 0 Å². The molecule has 5 N–H and O–H groups in total. The van der Waals surface area contributed by atoms with Gasteiger partial charge >= 0.3 is 0 Å². The number of rotatable bonds is 4. The number of pyridine rings is 1. The van der Waals surface area contributed by atoms with Crippen LogP contribution in [0, 0.1) is 19.3 Å². The summed E-state index contributed by atoms with van der Waals surface area (Å²) in [6.45, 7) is 10.5. The molecule has 2 aromatic rings. The van der Waals surface area contributed by atoms with Crippen LogP contribution in [-0.4, -0.2) is 17.1 Å². The molecule has 0 aliphatic rings. The molecule has 0 aliphatic carbocycles. The summed E-state index contributed by atoms with van der Waals surface area (Å²) >= 11 is 0. The summed E-state index contributed by atoms with van der Waals surface area (Å²) in [6, 6.07) is 6.11. The standard InChI is InChI=1S/C20H30N4O/c1-12-16(7-8-17(19(12)21)24(6)22)18(20(3,4)5)14-9-15(11-25)13(2)23-10-14/h7-10,18,25H,11,21-22H2,1-6H3. The Balaban J connectivity index is 2.67. The van der Waals surface area contributed by atoms with E-state index in [1.165, 1.54) is 5.01 Å². The van der Waals surface area contributed by atoms with Gasteiger partial charge in [-0.05, 0) is 53.6 Å². The highest BCUT2D eigenvalue weighted by Crippen LogP contribution is 2.44. The molecule has 1 heterocycles. The number of hydrogen-bond donors (Lipinski definition) is 3. The van der Waals surface area contributed by atoms with Crippen LogP contribution < -0.4 is 16.6 Å². The molecular formula is C20H30N4O. The Kier molecular flexibility index (Phi) is 5.40. The van der Waals surface area contributed by atoms with Crippen molar-refractivity contribution < 1.29 is 5.11 Å². The minimum atomic E-state index is -0.0446. The molecule has 136 valence electrons. The summed E-state index contributed by atoms with van der Waals surface area (Å²) in [6.07, 6.45) is 1.91. The van der Waals surface area contributed by atoms with E-state index in [1.54, 1.807) is 7.05 Å². The number of benzene rings is 1. The zero-order valence-corrected chi connectivity index (χ0v) is 16.1. The molecule has 0 radical (unpaired) electrons. The van der Waals surface area contributed by atoms with Gasteiger partial charge in [-0.1, -0.05) is 26.8 Å². The molecule has 2 rings (SSSR count). The zero-order chi connectivity index (χ0) is 18.9. The van der Waals surface area contributed by atoms with E-state index in [1.807, 2.05) is 26.1 Å². The van der Waals surface area contributed by atoms with Crippen molar-refractivity contribution >= 4 is 11.4 Å². The van der Waals surface area contributed by atoms with Gasteiger partial charge in [0.15, 0.2) is 0 Å². The van der Waals surface area contributed by atoms with Crippen LogP contribution in [-0.2, 0) is 6.61 Å². The number of nitrogens with two attached hydrogens (primary N) is 2. The Morgan fingerprint density at radius 1 is 1.24 bits per heavy atom. The lowest BCUT2D eigenvalue weighted by Gasteiger charge is -2.34. The number of hydrazine groups is 1. The first-order valence-electron chi connectivity index (χ1n) is 8.51. The minimum Gasteiger partial charge on any atom is -0.397 e. The summed E-state index contributed by atoms with van der Waals surface area (Å²) in [7, 11) is 1.78. The normalized spacial score (nSPS) is 13.0. The highest BCUT2D eigenvalue weighted by Gasteiger charge is 2.30. The maximum absolute atomic E-state index is 9.61. The monoisotopic (exact) mass is 342 g/mol. The lowest BCUT2D eigenvalue weighted by molar-refractivity contribution is 0.279. The van der Waals surface area contributed by atoms with Gasteiger partial charge in [-0.25, -0.2) is 5.84 Å². The van der Waals surface area contributed by atoms with Crippen LogP contribution in [0.15, 0.2) is 24.4 Å². The number of hydrogen-bond acceptors (Lipinski definition) is 5. The molecule has 0 amide bonds. The second-order valence-corrected chi connectivity index (χ2v) is 7.79. The molecule has 0 spiro atoms. The van der Waals surface area contributed by atoms with Gasteiger partial charge < -0.3 is 15.8 Å². The number of aliphatic hydroxyl groups excluding tert-OH is 1. The van der Waals surface area contributed by atoms with E-state index in [-0.39, 0.29) is 17.9 Å². The second-order valence-electron chi connectivity index (χ2n) is 7.79. The van der Waals surface area contributed by atoms with E-state index in [0.717, 1.165) is 33.6 Å². The van der Waals surface area contributed by atoms with Crippen molar-refractivity contribution in [1.29, 1.82) is 0 Å². The van der Waals surface area contributed by atoms with Crippen molar-refractivity contribution in [2.75, 3.05) is 17.8 Å². The number of aromatic nitrogens is 1. The van der Waals surface area contributed by atoms with Crippen molar-refractivity contribution in [1.82, 2.24) is 4.98 Å². The zero-order valence-electron chi connectivity index (χ0n) is 16.1. The average Bonchev–Trinajstić information content (AvgIpc) is 2.51.